The molecule has 0 saturated heterocycles. The Morgan fingerprint density at radius 1 is 1.00 bits per heavy atom. The Morgan fingerprint density at radius 2 is 1.66 bits per heavy atom. The Balaban J connectivity index is 1.88. The van der Waals surface area contributed by atoms with Crippen molar-refractivity contribution in [1.82, 2.24) is 9.78 Å². The highest BCUT2D eigenvalue weighted by molar-refractivity contribution is 7.98. The van der Waals surface area contributed by atoms with E-state index < -0.39 is 29.6 Å². The Morgan fingerprint density at radius 3 is 2.19 bits per heavy atom. The minimum atomic E-state index is -5.05. The predicted octanol–water partition coefficient (Wildman–Crippen LogP) is 5.89. The van der Waals surface area contributed by atoms with Crippen molar-refractivity contribution in [3.05, 3.63) is 65.5 Å². The number of rotatable bonds is 5. The molecule has 3 rings (SSSR count). The van der Waals surface area contributed by atoms with Crippen molar-refractivity contribution in [2.75, 3.05) is 18.7 Å². The molecule has 0 spiro atoms. The van der Waals surface area contributed by atoms with Crippen molar-refractivity contribution >= 4 is 23.4 Å². The number of aromatic nitrogens is 2. The number of nitrogens with one attached hydrogen (secondary N) is 1. The fourth-order valence-electron chi connectivity index (χ4n) is 2.79. The number of benzene rings is 2. The maximum atomic E-state index is 13.2. The van der Waals surface area contributed by atoms with E-state index in [4.69, 9.17) is 4.74 Å². The highest BCUT2D eigenvalue weighted by Crippen LogP contribution is 2.36. The number of alkyl halides is 6. The van der Waals surface area contributed by atoms with Crippen LogP contribution in [-0.4, -0.2) is 29.1 Å². The number of nitrogens with zero attached hydrogens (tertiary/aromatic N) is 2. The van der Waals surface area contributed by atoms with Crippen LogP contribution in [0.1, 0.15) is 21.7 Å². The van der Waals surface area contributed by atoms with Gasteiger partial charge in [-0.15, -0.1) is 11.8 Å². The standard InChI is InChI=1S/C20H15F6N3O2S/c1-31-15-9-13(32-2)7-8-14(15)18(30)27-11-3-5-12(6-4-11)29-17(20(24,25)26)10-16(28-29)19(21,22)23/h3-10H,1-2H3,(H,27,30). The molecule has 5 nitrogen and oxygen atoms in total. The SMILES string of the molecule is COc1cc(SC)ccc1C(=O)Nc1ccc(-n2nc(C(F)(F)F)cc2C(F)(F)F)cc1. The molecule has 0 fully saturated rings. The molecule has 0 aliphatic heterocycles. The lowest BCUT2D eigenvalue weighted by Crippen LogP contribution is -2.14. The van der Waals surface area contributed by atoms with Crippen molar-refractivity contribution in [3.8, 4) is 11.4 Å². The average Bonchev–Trinajstić information content (AvgIpc) is 3.20. The van der Waals surface area contributed by atoms with Gasteiger partial charge in [-0.05, 0) is 48.7 Å². The minimum absolute atomic E-state index is 0.0553. The molecule has 0 aliphatic rings. The largest absolute Gasteiger partial charge is 0.496 e. The molecule has 0 aliphatic carbocycles. The van der Waals surface area contributed by atoms with Crippen LogP contribution in [0.5, 0.6) is 5.75 Å². The summed E-state index contributed by atoms with van der Waals surface area (Å²) >= 11 is 1.46. The first-order chi connectivity index (χ1) is 14.9. The number of methoxy groups -OCH3 is 1. The molecule has 0 bridgehead atoms. The number of anilines is 1. The van der Waals surface area contributed by atoms with Crippen LogP contribution in [0.3, 0.4) is 0 Å². The summed E-state index contributed by atoms with van der Waals surface area (Å²) in [5.41, 5.74) is -3.04. The molecular weight excluding hydrogens is 460 g/mol. The second kappa shape index (κ2) is 8.77. The van der Waals surface area contributed by atoms with Crippen LogP contribution in [0.2, 0.25) is 0 Å². The molecular formula is C20H15F6N3O2S. The lowest BCUT2D eigenvalue weighted by Gasteiger charge is -2.12. The van der Waals surface area contributed by atoms with Gasteiger partial charge in [-0.25, -0.2) is 4.68 Å². The second-order valence-electron chi connectivity index (χ2n) is 6.39. The van der Waals surface area contributed by atoms with Gasteiger partial charge in [0, 0.05) is 16.6 Å². The highest BCUT2D eigenvalue weighted by Gasteiger charge is 2.42. The Hall–Kier alpha value is -3.15. The molecule has 1 heterocycles. The van der Waals surface area contributed by atoms with Crippen LogP contribution >= 0.6 is 11.8 Å². The molecule has 170 valence electrons. The van der Waals surface area contributed by atoms with Crippen LogP contribution in [0, 0.1) is 0 Å². The van der Waals surface area contributed by atoms with Crippen LogP contribution in [0.4, 0.5) is 32.0 Å². The average molecular weight is 475 g/mol. The van der Waals surface area contributed by atoms with Gasteiger partial charge >= 0.3 is 12.4 Å². The number of halogens is 6. The van der Waals surface area contributed by atoms with Crippen LogP contribution < -0.4 is 10.1 Å². The van der Waals surface area contributed by atoms with Crippen LogP contribution in [-0.2, 0) is 12.4 Å². The Labute approximate surface area is 182 Å². The molecule has 1 amide bonds. The summed E-state index contributed by atoms with van der Waals surface area (Å²) in [6, 6.07) is 9.65. The van der Waals surface area contributed by atoms with Crippen LogP contribution in [0.15, 0.2) is 53.4 Å². The van der Waals surface area contributed by atoms with Crippen LogP contribution in [0.25, 0.3) is 5.69 Å². The molecule has 0 radical (unpaired) electrons. The minimum Gasteiger partial charge on any atom is -0.496 e. The maximum absolute atomic E-state index is 13.2. The number of carbonyl (C=O) groups excluding carboxylic acids is 1. The molecule has 0 unspecified atom stereocenters. The van der Waals surface area contributed by atoms with E-state index in [1.165, 1.54) is 31.0 Å². The van der Waals surface area contributed by atoms with Gasteiger partial charge in [-0.1, -0.05) is 0 Å². The fourth-order valence-corrected chi connectivity index (χ4v) is 3.22. The van der Waals surface area contributed by atoms with E-state index in [1.807, 2.05) is 6.26 Å². The molecule has 32 heavy (non-hydrogen) atoms. The van der Waals surface area contributed by atoms with Gasteiger partial charge < -0.3 is 10.1 Å². The first kappa shape index (κ1) is 23.5. The fraction of sp³-hybridized carbons (Fsp3) is 0.200. The van der Waals surface area contributed by atoms with Gasteiger partial charge in [-0.3, -0.25) is 4.79 Å². The zero-order valence-corrected chi connectivity index (χ0v) is 17.3. The molecule has 1 N–H and O–H groups in total. The first-order valence-corrected chi connectivity index (χ1v) is 10.0. The first-order valence-electron chi connectivity index (χ1n) is 8.82. The van der Waals surface area contributed by atoms with Gasteiger partial charge in [0.05, 0.1) is 18.4 Å². The summed E-state index contributed by atoms with van der Waals surface area (Å²) in [5, 5.41) is 5.63. The zero-order valence-electron chi connectivity index (χ0n) is 16.5. The summed E-state index contributed by atoms with van der Waals surface area (Å²) in [6.45, 7) is 0. The molecule has 0 saturated carbocycles. The number of thioether (sulfide) groups is 1. The lowest BCUT2D eigenvalue weighted by atomic mass is 10.1. The smallest absolute Gasteiger partial charge is 0.435 e. The van der Waals surface area contributed by atoms with E-state index in [0.29, 0.717) is 5.75 Å². The lowest BCUT2D eigenvalue weighted by molar-refractivity contribution is -0.143. The van der Waals surface area contributed by atoms with Crippen molar-refractivity contribution in [1.29, 1.82) is 0 Å². The number of carbonyl (C=O) groups is 1. The van der Waals surface area contributed by atoms with E-state index in [0.717, 1.165) is 17.0 Å². The van der Waals surface area contributed by atoms with E-state index >= 15 is 0 Å². The van der Waals surface area contributed by atoms with Crippen molar-refractivity contribution < 1.29 is 35.9 Å². The number of hydrogen-bond acceptors (Lipinski definition) is 4. The third-order valence-corrected chi connectivity index (χ3v) is 5.04. The number of amides is 1. The van der Waals surface area contributed by atoms with E-state index in [1.54, 1.807) is 18.2 Å². The summed E-state index contributed by atoms with van der Waals surface area (Å²) in [6.07, 6.45) is -8.23. The maximum Gasteiger partial charge on any atom is 0.435 e. The zero-order chi connectivity index (χ0) is 23.7. The summed E-state index contributed by atoms with van der Waals surface area (Å²) in [5.74, 6) is -0.200. The Kier molecular flexibility index (Phi) is 6.44. The van der Waals surface area contributed by atoms with Gasteiger partial charge in [0.1, 0.15) is 11.4 Å². The summed E-state index contributed by atoms with van der Waals surface area (Å²) in [7, 11) is 1.41. The van der Waals surface area contributed by atoms with Crippen molar-refractivity contribution in [2.45, 2.75) is 17.2 Å². The monoisotopic (exact) mass is 475 g/mol. The normalized spacial score (nSPS) is 12.0. The molecule has 2 aromatic carbocycles. The van der Waals surface area contributed by atoms with Crippen molar-refractivity contribution in [2.24, 2.45) is 0 Å². The quantitative estimate of drug-likeness (QED) is 0.369. The van der Waals surface area contributed by atoms with Gasteiger partial charge in [-0.2, -0.15) is 31.4 Å². The molecule has 3 aromatic rings. The van der Waals surface area contributed by atoms with E-state index in [2.05, 4.69) is 10.4 Å². The predicted molar refractivity (Wildman–Crippen MR) is 106 cm³/mol. The molecule has 12 heteroatoms. The number of hydrogen-bond donors (Lipinski definition) is 1. The topological polar surface area (TPSA) is 56.1 Å². The van der Waals surface area contributed by atoms with E-state index in [-0.39, 0.29) is 27.7 Å². The summed E-state index contributed by atoms with van der Waals surface area (Å²) in [4.78, 5) is 13.4. The molecule has 0 atom stereocenters. The second-order valence-corrected chi connectivity index (χ2v) is 7.27. The third kappa shape index (κ3) is 5.01. The van der Waals surface area contributed by atoms with Gasteiger partial charge in [0.15, 0.2) is 5.69 Å². The molecule has 1 aromatic heterocycles. The summed E-state index contributed by atoms with van der Waals surface area (Å²) < 4.78 is 83.6. The van der Waals surface area contributed by atoms with E-state index in [9.17, 15) is 31.1 Å². The van der Waals surface area contributed by atoms with Crippen molar-refractivity contribution in [3.63, 3.8) is 0 Å². The van der Waals surface area contributed by atoms with Gasteiger partial charge in [0.2, 0.25) is 0 Å². The third-order valence-electron chi connectivity index (χ3n) is 4.31. The Bertz CT molecular complexity index is 1120. The van der Waals surface area contributed by atoms with Gasteiger partial charge in [0.25, 0.3) is 5.91 Å². The highest BCUT2D eigenvalue weighted by atomic mass is 32.2. The number of ether oxygens (including phenoxy) is 1.